The highest BCUT2D eigenvalue weighted by Crippen LogP contribution is 2.49. The van der Waals surface area contributed by atoms with E-state index in [1.54, 1.807) is 12.0 Å². The first-order chi connectivity index (χ1) is 16.8. The molecular weight excluding hydrogens is 467 g/mol. The molecule has 4 aliphatic rings. The molecule has 5 rings (SSSR count). The number of aromatic nitrogens is 2. The van der Waals surface area contributed by atoms with Gasteiger partial charge in [-0.25, -0.2) is 9.97 Å². The molecule has 4 heterocycles. The van der Waals surface area contributed by atoms with Gasteiger partial charge in [-0.2, -0.15) is 13.2 Å². The Balaban J connectivity index is 1.22. The predicted molar refractivity (Wildman–Crippen MR) is 119 cm³/mol. The minimum atomic E-state index is -4.59. The van der Waals surface area contributed by atoms with E-state index in [9.17, 15) is 18.0 Å². The van der Waals surface area contributed by atoms with E-state index in [1.807, 2.05) is 4.90 Å². The maximum atomic E-state index is 13.8. The van der Waals surface area contributed by atoms with E-state index in [2.05, 4.69) is 15.3 Å². The molecule has 35 heavy (non-hydrogen) atoms. The number of carbonyl (C=O) groups is 1. The zero-order valence-corrected chi connectivity index (χ0v) is 19.8. The van der Waals surface area contributed by atoms with Crippen molar-refractivity contribution < 1.29 is 32.2 Å². The van der Waals surface area contributed by atoms with E-state index in [0.717, 1.165) is 19.0 Å². The SMILES string of the molecule is CO[C@@H]1COCC[C@@H]1N[C@@H]1CC2OCC[C@@]2(C(=O)N2CCN(c3ccnc(C(F)(F)F)n3)CC2)C1. The van der Waals surface area contributed by atoms with Crippen molar-refractivity contribution in [2.45, 2.75) is 56.2 Å². The number of rotatable bonds is 5. The van der Waals surface area contributed by atoms with Gasteiger partial charge in [-0.3, -0.25) is 4.79 Å². The molecule has 12 heteroatoms. The van der Waals surface area contributed by atoms with Crippen LogP contribution in [0.3, 0.4) is 0 Å². The first-order valence-electron chi connectivity index (χ1n) is 12.2. The highest BCUT2D eigenvalue weighted by molar-refractivity contribution is 5.84. The summed E-state index contributed by atoms with van der Waals surface area (Å²) in [5.74, 6) is -0.824. The van der Waals surface area contributed by atoms with Crippen LogP contribution in [-0.4, -0.2) is 98.2 Å². The molecule has 9 nitrogen and oxygen atoms in total. The third kappa shape index (κ3) is 4.85. The van der Waals surface area contributed by atoms with Gasteiger partial charge in [-0.1, -0.05) is 0 Å². The van der Waals surface area contributed by atoms with Gasteiger partial charge in [0.2, 0.25) is 11.7 Å². The molecule has 3 aliphatic heterocycles. The summed E-state index contributed by atoms with van der Waals surface area (Å²) in [6.45, 7) is 3.52. The Morgan fingerprint density at radius 1 is 1.26 bits per heavy atom. The molecular formula is C23H32F3N5O4. The lowest BCUT2D eigenvalue weighted by Gasteiger charge is -2.40. The van der Waals surface area contributed by atoms with Crippen LogP contribution in [0.25, 0.3) is 0 Å². The molecule has 0 bridgehead atoms. The lowest BCUT2D eigenvalue weighted by molar-refractivity contribution is -0.145. The van der Waals surface area contributed by atoms with Gasteiger partial charge in [0, 0.05) is 64.8 Å². The minimum Gasteiger partial charge on any atom is -0.379 e. The quantitative estimate of drug-likeness (QED) is 0.652. The van der Waals surface area contributed by atoms with Crippen molar-refractivity contribution in [3.63, 3.8) is 0 Å². The predicted octanol–water partition coefficient (Wildman–Crippen LogP) is 1.48. The van der Waals surface area contributed by atoms with E-state index >= 15 is 0 Å². The second kappa shape index (κ2) is 9.79. The Kier molecular flexibility index (Phi) is 6.90. The van der Waals surface area contributed by atoms with Crippen LogP contribution in [-0.2, 0) is 25.2 Å². The Labute approximate surface area is 202 Å². The van der Waals surface area contributed by atoms with Gasteiger partial charge in [0.15, 0.2) is 0 Å². The Morgan fingerprint density at radius 2 is 2.06 bits per heavy atom. The zero-order valence-electron chi connectivity index (χ0n) is 19.8. The van der Waals surface area contributed by atoms with E-state index in [4.69, 9.17) is 14.2 Å². The molecule has 5 atom stereocenters. The van der Waals surface area contributed by atoms with Crippen LogP contribution in [0.4, 0.5) is 19.0 Å². The molecule has 1 amide bonds. The number of amides is 1. The fourth-order valence-electron chi connectivity index (χ4n) is 6.02. The van der Waals surface area contributed by atoms with Gasteiger partial charge in [0.25, 0.3) is 0 Å². The van der Waals surface area contributed by atoms with Gasteiger partial charge in [0.1, 0.15) is 5.82 Å². The summed E-state index contributed by atoms with van der Waals surface area (Å²) >= 11 is 0. The molecule has 3 saturated heterocycles. The van der Waals surface area contributed by atoms with Crippen molar-refractivity contribution in [2.24, 2.45) is 5.41 Å². The summed E-state index contributed by atoms with van der Waals surface area (Å²) in [6.07, 6.45) is -0.551. The summed E-state index contributed by atoms with van der Waals surface area (Å²) < 4.78 is 56.1. The molecule has 1 aromatic rings. The van der Waals surface area contributed by atoms with Gasteiger partial charge < -0.3 is 29.3 Å². The Hall–Kier alpha value is -2.02. The third-order valence-electron chi connectivity index (χ3n) is 7.86. The molecule has 0 radical (unpaired) electrons. The van der Waals surface area contributed by atoms with Crippen molar-refractivity contribution in [1.29, 1.82) is 0 Å². The van der Waals surface area contributed by atoms with Crippen LogP contribution in [0, 0.1) is 5.41 Å². The highest BCUT2D eigenvalue weighted by Gasteiger charge is 2.58. The molecule has 1 saturated carbocycles. The van der Waals surface area contributed by atoms with Crippen molar-refractivity contribution >= 4 is 11.7 Å². The van der Waals surface area contributed by atoms with Gasteiger partial charge >= 0.3 is 6.18 Å². The number of piperazine rings is 1. The number of nitrogens with zero attached hydrogens (tertiary/aromatic N) is 4. The molecule has 0 spiro atoms. The monoisotopic (exact) mass is 499 g/mol. The van der Waals surface area contributed by atoms with Gasteiger partial charge in [0.05, 0.1) is 24.2 Å². The van der Waals surface area contributed by atoms with Crippen LogP contribution in [0.2, 0.25) is 0 Å². The third-order valence-corrected chi connectivity index (χ3v) is 7.86. The van der Waals surface area contributed by atoms with Crippen molar-refractivity contribution in [3.8, 4) is 0 Å². The fraction of sp³-hybridized carbons (Fsp3) is 0.783. The van der Waals surface area contributed by atoms with Crippen LogP contribution in [0.15, 0.2) is 12.3 Å². The van der Waals surface area contributed by atoms with E-state index in [-0.39, 0.29) is 36.0 Å². The average Bonchev–Trinajstić information content (AvgIpc) is 3.41. The van der Waals surface area contributed by atoms with Crippen LogP contribution >= 0.6 is 0 Å². The van der Waals surface area contributed by atoms with Crippen molar-refractivity contribution in [1.82, 2.24) is 20.2 Å². The summed E-state index contributed by atoms with van der Waals surface area (Å²) in [5.41, 5.74) is -0.550. The summed E-state index contributed by atoms with van der Waals surface area (Å²) in [7, 11) is 1.69. The number of anilines is 1. The number of hydrogen-bond acceptors (Lipinski definition) is 8. The summed E-state index contributed by atoms with van der Waals surface area (Å²) in [4.78, 5) is 24.4. The average molecular weight is 500 g/mol. The second-order valence-electron chi connectivity index (χ2n) is 9.83. The lowest BCUT2D eigenvalue weighted by Crippen LogP contribution is -2.55. The maximum absolute atomic E-state index is 13.8. The normalized spacial score (nSPS) is 33.7. The largest absolute Gasteiger partial charge is 0.451 e. The van der Waals surface area contributed by atoms with Crippen LogP contribution in [0.5, 0.6) is 0 Å². The molecule has 1 aliphatic carbocycles. The lowest BCUT2D eigenvalue weighted by atomic mass is 9.80. The molecule has 1 unspecified atom stereocenters. The maximum Gasteiger partial charge on any atom is 0.451 e. The molecule has 1 N–H and O–H groups in total. The number of alkyl halides is 3. The first-order valence-corrected chi connectivity index (χ1v) is 12.2. The Bertz CT molecular complexity index is 913. The molecule has 4 fully saturated rings. The zero-order chi connectivity index (χ0) is 24.6. The molecule has 194 valence electrons. The number of ether oxygens (including phenoxy) is 3. The number of methoxy groups -OCH3 is 1. The molecule has 1 aromatic heterocycles. The summed E-state index contributed by atoms with van der Waals surface area (Å²) in [5, 5.41) is 3.71. The first kappa shape index (κ1) is 24.7. The van der Waals surface area contributed by atoms with Crippen LogP contribution < -0.4 is 10.2 Å². The number of carbonyl (C=O) groups excluding carboxylic acids is 1. The van der Waals surface area contributed by atoms with E-state index in [1.165, 1.54) is 6.07 Å². The van der Waals surface area contributed by atoms with E-state index in [0.29, 0.717) is 58.8 Å². The number of hydrogen-bond donors (Lipinski definition) is 1. The number of fused-ring (bicyclic) bond motifs is 1. The standard InChI is InChI=1S/C23H32F3N5O4/c1-33-17-14-34-10-3-16(17)28-15-12-18-22(13-15,4-11-35-18)21(32)31-8-6-30(7-9-31)19-2-5-27-20(29-19)23(24,25)26/h2,5,15-18,28H,3-4,6-14H2,1H3/t15-,16+,17-,18?,22-/m1/s1. The summed E-state index contributed by atoms with van der Waals surface area (Å²) in [6, 6.07) is 1.82. The fourth-order valence-corrected chi connectivity index (χ4v) is 6.02. The van der Waals surface area contributed by atoms with Crippen LogP contribution in [0.1, 0.15) is 31.5 Å². The van der Waals surface area contributed by atoms with Gasteiger partial charge in [-0.05, 0) is 31.7 Å². The van der Waals surface area contributed by atoms with Gasteiger partial charge in [-0.15, -0.1) is 0 Å². The minimum absolute atomic E-state index is 0.00973. The number of halogens is 3. The smallest absolute Gasteiger partial charge is 0.379 e. The van der Waals surface area contributed by atoms with Crippen molar-refractivity contribution in [2.75, 3.05) is 58.0 Å². The highest BCUT2D eigenvalue weighted by atomic mass is 19.4. The van der Waals surface area contributed by atoms with E-state index < -0.39 is 17.4 Å². The second-order valence-corrected chi connectivity index (χ2v) is 9.83. The Morgan fingerprint density at radius 3 is 2.80 bits per heavy atom. The van der Waals surface area contributed by atoms with Crippen molar-refractivity contribution in [3.05, 3.63) is 18.1 Å². The topological polar surface area (TPSA) is 89.0 Å². The molecule has 0 aromatic carbocycles. The number of nitrogens with one attached hydrogen (secondary N) is 1.